The first-order chi connectivity index (χ1) is 4.30. The third kappa shape index (κ3) is 2.49. The molecular weight excluding hydrogens is 305 g/mol. The fraction of sp³-hybridized carbons (Fsp3) is 0. The first-order valence-corrected chi connectivity index (χ1v) is 12.9. The average Bonchev–Trinajstić information content (AvgIpc) is 1.90. The molecule has 1 rings (SSSR count). The van der Waals surface area contributed by atoms with Crippen molar-refractivity contribution in [3.05, 3.63) is 30.3 Å². The van der Waals surface area contributed by atoms with Crippen LogP contribution in [0.25, 0.3) is 0 Å². The van der Waals surface area contributed by atoms with Gasteiger partial charge in [-0.25, -0.2) is 0 Å². The normalized spacial score (nSPS) is 10.1. The van der Waals surface area contributed by atoms with Gasteiger partial charge in [-0.2, -0.15) is 0 Å². The molecule has 0 N–H and O–H groups in total. The Morgan fingerprint density at radius 3 is 1.89 bits per heavy atom. The molecule has 48 valence electrons. The van der Waals surface area contributed by atoms with E-state index in [9.17, 15) is 0 Å². The molecule has 0 aromatic heterocycles. The summed E-state index contributed by atoms with van der Waals surface area (Å²) in [7, 11) is -0.838. The minimum absolute atomic E-state index is 0.838. The Kier molecular flexibility index (Phi) is 3.40. The molecule has 3 heteroatoms. The number of rotatable bonds is 1. The number of hydrogen-bond donors (Lipinski definition) is 0. The van der Waals surface area contributed by atoms with Gasteiger partial charge in [-0.1, -0.05) is 0 Å². The molecule has 0 heterocycles. The summed E-state index contributed by atoms with van der Waals surface area (Å²) in [4.78, 5) is 0. The van der Waals surface area contributed by atoms with Crippen molar-refractivity contribution in [2.45, 2.75) is 0 Å². The van der Waals surface area contributed by atoms with Crippen LogP contribution in [0.1, 0.15) is 0 Å². The van der Waals surface area contributed by atoms with Gasteiger partial charge in [-0.3, -0.25) is 0 Å². The molecule has 1 aromatic rings. The van der Waals surface area contributed by atoms with Crippen LogP contribution in [0.2, 0.25) is 0 Å². The van der Waals surface area contributed by atoms with E-state index in [1.54, 1.807) is 0 Å². The zero-order chi connectivity index (χ0) is 6.69. The van der Waals surface area contributed by atoms with Crippen molar-refractivity contribution < 1.29 is 0 Å². The fourth-order valence-electron chi connectivity index (χ4n) is 0.550. The van der Waals surface area contributed by atoms with E-state index in [0.717, 1.165) is 0 Å². The molecule has 0 bridgehead atoms. The van der Waals surface area contributed by atoms with Gasteiger partial charge < -0.3 is 0 Å². The Balaban J connectivity index is 2.85. The monoisotopic (exact) mass is 312 g/mol. The van der Waals surface area contributed by atoms with E-state index in [4.69, 9.17) is 0 Å². The predicted octanol–water partition coefficient (Wildman–Crippen LogP) is -0.281. The van der Waals surface area contributed by atoms with Crippen molar-refractivity contribution in [3.63, 3.8) is 0 Å². The van der Waals surface area contributed by atoms with Crippen LogP contribution in [-0.2, 0) is 0 Å². The Bertz CT molecular complexity index is 174. The van der Waals surface area contributed by atoms with Crippen LogP contribution in [0.15, 0.2) is 30.3 Å². The Morgan fingerprint density at radius 2 is 1.56 bits per heavy atom. The third-order valence-corrected chi connectivity index (χ3v) is 7.07. The van der Waals surface area contributed by atoms with Gasteiger partial charge >= 0.3 is 73.6 Å². The molecule has 0 saturated heterocycles. The van der Waals surface area contributed by atoms with Gasteiger partial charge in [0.15, 0.2) is 0 Å². The van der Waals surface area contributed by atoms with Crippen LogP contribution in [0.3, 0.4) is 0 Å². The molecule has 0 aliphatic heterocycles. The van der Waals surface area contributed by atoms with Crippen LogP contribution in [0.4, 0.5) is 0 Å². The molecule has 0 aliphatic rings. The Labute approximate surface area is 73.2 Å². The van der Waals surface area contributed by atoms with Gasteiger partial charge in [0.2, 0.25) is 0 Å². The van der Waals surface area contributed by atoms with E-state index < -0.39 is 10.9 Å². The van der Waals surface area contributed by atoms with Gasteiger partial charge in [0, 0.05) is 0 Å². The van der Waals surface area contributed by atoms with Gasteiger partial charge in [0.1, 0.15) is 0 Å². The van der Waals surface area contributed by atoms with E-state index in [0.29, 0.717) is 0 Å². The average molecular weight is 310 g/mol. The van der Waals surface area contributed by atoms with Crippen molar-refractivity contribution in [3.8, 4) is 0 Å². The van der Waals surface area contributed by atoms with Gasteiger partial charge in [0.05, 0.1) is 0 Å². The minimum atomic E-state index is -0.838. The van der Waals surface area contributed by atoms with E-state index in [1.807, 2.05) is 6.07 Å². The number of hydrogen-bond acceptors (Lipinski definition) is 0. The van der Waals surface area contributed by atoms with Crippen molar-refractivity contribution in [2.24, 2.45) is 0 Å². The molecular formula is C6H5AsSe2-2. The summed E-state index contributed by atoms with van der Waals surface area (Å²) in [6, 6.07) is 10.5. The first kappa shape index (κ1) is 7.92. The van der Waals surface area contributed by atoms with Crippen molar-refractivity contribution in [1.82, 2.24) is 0 Å². The number of benzene rings is 1. The molecule has 0 aliphatic carbocycles. The van der Waals surface area contributed by atoms with E-state index in [1.165, 1.54) is 4.35 Å². The van der Waals surface area contributed by atoms with E-state index in [2.05, 4.69) is 52.3 Å². The summed E-state index contributed by atoms with van der Waals surface area (Å²) >= 11 is 6.29. The maximum absolute atomic E-state index is 3.15. The van der Waals surface area contributed by atoms with Crippen molar-refractivity contribution in [1.29, 1.82) is 0 Å². The van der Waals surface area contributed by atoms with E-state index in [-0.39, 0.29) is 0 Å². The Morgan fingerprint density at radius 1 is 1.00 bits per heavy atom. The topological polar surface area (TPSA) is 0 Å². The standard InChI is InChI=1S/C6H5AsSe2/c8-7(9)6-4-2-1-3-5-6/h1-5H/q-2. The molecule has 0 radical (unpaired) electrons. The summed E-state index contributed by atoms with van der Waals surface area (Å²) in [5.41, 5.74) is 0. The summed E-state index contributed by atoms with van der Waals surface area (Å²) in [5.74, 6) is 0. The van der Waals surface area contributed by atoms with E-state index >= 15 is 0 Å². The molecule has 0 spiro atoms. The van der Waals surface area contributed by atoms with Crippen LogP contribution in [0, 0.1) is 0 Å². The molecule has 0 amide bonds. The second-order valence-corrected chi connectivity index (χ2v) is 17.8. The van der Waals surface area contributed by atoms with Gasteiger partial charge in [0.25, 0.3) is 0 Å². The predicted molar refractivity (Wildman–Crippen MR) is 43.3 cm³/mol. The zero-order valence-corrected chi connectivity index (χ0v) is 9.95. The first-order valence-electron chi connectivity index (χ1n) is 2.50. The SMILES string of the molecule is [Se-][As]([Se-])c1ccccc1. The second kappa shape index (κ2) is 3.86. The quantitative estimate of drug-likeness (QED) is 0.626. The van der Waals surface area contributed by atoms with Crippen LogP contribution < -0.4 is 4.35 Å². The van der Waals surface area contributed by atoms with Crippen LogP contribution in [-0.4, -0.2) is 38.9 Å². The summed E-state index contributed by atoms with van der Waals surface area (Å²) < 4.78 is 1.45. The summed E-state index contributed by atoms with van der Waals surface area (Å²) in [6.45, 7) is 0. The molecule has 0 saturated carbocycles. The molecule has 0 atom stereocenters. The molecule has 9 heavy (non-hydrogen) atoms. The van der Waals surface area contributed by atoms with Gasteiger partial charge in [-0.05, 0) is 0 Å². The Hall–Kier alpha value is 0.817. The fourth-order valence-corrected chi connectivity index (χ4v) is 4.08. The zero-order valence-electron chi connectivity index (χ0n) is 4.65. The van der Waals surface area contributed by atoms with Crippen LogP contribution >= 0.6 is 0 Å². The van der Waals surface area contributed by atoms with Crippen LogP contribution in [0.5, 0.6) is 0 Å². The molecule has 0 nitrogen and oxygen atoms in total. The third-order valence-electron chi connectivity index (χ3n) is 0.967. The maximum atomic E-state index is 3.15. The molecule has 0 unspecified atom stereocenters. The molecule has 0 fully saturated rings. The van der Waals surface area contributed by atoms with Crippen molar-refractivity contribution >= 4 is 43.3 Å². The second-order valence-electron chi connectivity index (χ2n) is 1.59. The summed E-state index contributed by atoms with van der Waals surface area (Å²) in [6.07, 6.45) is 0. The van der Waals surface area contributed by atoms with Crippen molar-refractivity contribution in [2.75, 3.05) is 0 Å². The summed E-state index contributed by atoms with van der Waals surface area (Å²) in [5, 5.41) is 0. The van der Waals surface area contributed by atoms with Gasteiger partial charge in [-0.15, -0.1) is 0 Å². The molecule has 1 aromatic carbocycles.